The summed E-state index contributed by atoms with van der Waals surface area (Å²) in [5.74, 6) is -0.528. The van der Waals surface area contributed by atoms with Crippen LogP contribution in [0.15, 0.2) is 56.9 Å². The zero-order chi connectivity index (χ0) is 24.9. The van der Waals surface area contributed by atoms with E-state index in [2.05, 4.69) is 10.6 Å². The summed E-state index contributed by atoms with van der Waals surface area (Å²) in [6.07, 6.45) is 1.95. The van der Waals surface area contributed by atoms with E-state index in [1.807, 2.05) is 30.5 Å². The Hall–Kier alpha value is -4.10. The van der Waals surface area contributed by atoms with Crippen LogP contribution < -0.4 is 16.4 Å². The fourth-order valence-electron chi connectivity index (χ4n) is 4.06. The van der Waals surface area contributed by atoms with E-state index in [4.69, 9.17) is 10.2 Å². The minimum absolute atomic E-state index is 0.0301. The Morgan fingerprint density at radius 2 is 2.11 bits per heavy atom. The number of benzene rings is 1. The predicted octanol–water partition coefficient (Wildman–Crippen LogP) is 3.29. The molecular formula is C25H25N5O4S. The molecule has 2 aromatic heterocycles. The van der Waals surface area contributed by atoms with Crippen LogP contribution in [0.2, 0.25) is 0 Å². The molecule has 2 amide bonds. The van der Waals surface area contributed by atoms with E-state index in [1.165, 1.54) is 16.2 Å². The monoisotopic (exact) mass is 491 g/mol. The Kier molecular flexibility index (Phi) is 7.17. The van der Waals surface area contributed by atoms with E-state index < -0.39 is 11.9 Å². The maximum atomic E-state index is 13.3. The van der Waals surface area contributed by atoms with Crippen molar-refractivity contribution in [3.8, 4) is 6.07 Å². The summed E-state index contributed by atoms with van der Waals surface area (Å²) in [4.78, 5) is 39.5. The highest BCUT2D eigenvalue weighted by Crippen LogP contribution is 2.24. The second-order valence-corrected chi connectivity index (χ2v) is 9.13. The first-order valence-corrected chi connectivity index (χ1v) is 12.1. The highest BCUT2D eigenvalue weighted by Gasteiger charge is 2.30. The molecule has 3 aromatic rings. The molecule has 0 bridgehead atoms. The van der Waals surface area contributed by atoms with Crippen molar-refractivity contribution in [2.75, 3.05) is 18.4 Å². The summed E-state index contributed by atoms with van der Waals surface area (Å²) in [6.45, 7) is 2.27. The second kappa shape index (κ2) is 10.4. The number of likely N-dealkylation sites (tertiary alicyclic amines) is 1. The van der Waals surface area contributed by atoms with E-state index >= 15 is 0 Å². The molecule has 4 rings (SSSR count). The van der Waals surface area contributed by atoms with Gasteiger partial charge < -0.3 is 25.7 Å². The Balaban J connectivity index is 1.58. The van der Waals surface area contributed by atoms with Crippen LogP contribution in [-0.4, -0.2) is 41.6 Å². The van der Waals surface area contributed by atoms with E-state index in [-0.39, 0.29) is 29.6 Å². The summed E-state index contributed by atoms with van der Waals surface area (Å²) in [6, 6.07) is 10.0. The van der Waals surface area contributed by atoms with Crippen molar-refractivity contribution < 1.29 is 18.8 Å². The molecule has 35 heavy (non-hydrogen) atoms. The molecular weight excluding hydrogens is 466 g/mol. The minimum Gasteiger partial charge on any atom is -0.461 e. The van der Waals surface area contributed by atoms with Crippen molar-refractivity contribution in [1.29, 1.82) is 5.26 Å². The van der Waals surface area contributed by atoms with Gasteiger partial charge in [0, 0.05) is 28.6 Å². The maximum absolute atomic E-state index is 13.3. The van der Waals surface area contributed by atoms with E-state index in [1.54, 1.807) is 23.6 Å². The molecule has 1 fully saturated rings. The number of anilines is 1. The van der Waals surface area contributed by atoms with Gasteiger partial charge in [0.05, 0.1) is 6.54 Å². The van der Waals surface area contributed by atoms with Gasteiger partial charge in [-0.15, -0.1) is 0 Å². The molecule has 180 valence electrons. The van der Waals surface area contributed by atoms with Crippen LogP contribution in [0.1, 0.15) is 35.4 Å². The highest BCUT2D eigenvalue weighted by molar-refractivity contribution is 7.08. The number of carbonyl (C=O) groups excluding carboxylic acids is 3. The van der Waals surface area contributed by atoms with Crippen LogP contribution in [0, 0.1) is 18.3 Å². The number of carbonyl (C=O) groups is 3. The van der Waals surface area contributed by atoms with Crippen LogP contribution in [-0.2, 0) is 9.59 Å². The zero-order valence-corrected chi connectivity index (χ0v) is 20.0. The highest BCUT2D eigenvalue weighted by atomic mass is 32.1. The first-order valence-electron chi connectivity index (χ1n) is 11.2. The smallest absolute Gasteiger partial charge is 0.263 e. The molecule has 0 spiro atoms. The molecule has 1 aliphatic rings. The van der Waals surface area contributed by atoms with Crippen LogP contribution >= 0.6 is 11.3 Å². The van der Waals surface area contributed by atoms with Gasteiger partial charge in [0.1, 0.15) is 29.3 Å². The number of fused-ring (bicyclic) bond motifs is 1. The third-order valence-electron chi connectivity index (χ3n) is 5.79. The summed E-state index contributed by atoms with van der Waals surface area (Å²) in [5, 5.41) is 20.1. The molecule has 0 saturated carbocycles. The molecule has 1 atom stereocenters. The third-order valence-corrected chi connectivity index (χ3v) is 6.48. The minimum atomic E-state index is -0.923. The SMILES string of the molecule is Cc1cc2cc(NC(N[C@H]3CCCCN(CC(=O)c4ccsc4)C3=O)=C(C#N)C(N)=O)ccc2o1. The number of amides is 2. The van der Waals surface area contributed by atoms with Gasteiger partial charge >= 0.3 is 0 Å². The fraction of sp³-hybridized carbons (Fsp3) is 0.280. The van der Waals surface area contributed by atoms with E-state index in [9.17, 15) is 19.6 Å². The second-order valence-electron chi connectivity index (χ2n) is 8.35. The number of nitriles is 1. The number of nitrogens with one attached hydrogen (secondary N) is 2. The number of Topliss-reactive ketones (excluding diaryl/α,β-unsaturated/α-hetero) is 1. The van der Waals surface area contributed by atoms with Gasteiger partial charge in [0.15, 0.2) is 11.4 Å². The first-order chi connectivity index (χ1) is 16.9. The molecule has 0 unspecified atom stereocenters. The lowest BCUT2D eigenvalue weighted by molar-refractivity contribution is -0.132. The molecule has 9 nitrogen and oxygen atoms in total. The number of nitrogens with two attached hydrogens (primary N) is 1. The van der Waals surface area contributed by atoms with E-state index in [0.29, 0.717) is 29.8 Å². The van der Waals surface area contributed by atoms with Gasteiger partial charge in [-0.05, 0) is 61.9 Å². The lowest BCUT2D eigenvalue weighted by Crippen LogP contribution is -2.48. The Labute approximate surface area is 206 Å². The van der Waals surface area contributed by atoms with Crippen molar-refractivity contribution in [3.63, 3.8) is 0 Å². The van der Waals surface area contributed by atoms with Crippen molar-refractivity contribution in [2.45, 2.75) is 32.2 Å². The van der Waals surface area contributed by atoms with Gasteiger partial charge in [-0.1, -0.05) is 0 Å². The number of furan rings is 1. The molecule has 0 radical (unpaired) electrons. The fourth-order valence-corrected chi connectivity index (χ4v) is 4.72. The summed E-state index contributed by atoms with van der Waals surface area (Å²) < 4.78 is 5.60. The Morgan fingerprint density at radius 3 is 2.83 bits per heavy atom. The van der Waals surface area contributed by atoms with Gasteiger partial charge in [0.25, 0.3) is 5.91 Å². The number of thiophene rings is 1. The number of aryl methyl sites for hydroxylation is 1. The summed E-state index contributed by atoms with van der Waals surface area (Å²) >= 11 is 1.42. The number of hydrogen-bond acceptors (Lipinski definition) is 8. The number of nitrogens with zero attached hydrogens (tertiary/aromatic N) is 2. The van der Waals surface area contributed by atoms with Gasteiger partial charge in [-0.25, -0.2) is 0 Å². The van der Waals surface area contributed by atoms with Crippen LogP contribution in [0.5, 0.6) is 0 Å². The van der Waals surface area contributed by atoms with E-state index in [0.717, 1.165) is 24.0 Å². The van der Waals surface area contributed by atoms with Crippen LogP contribution in [0.4, 0.5) is 5.69 Å². The number of primary amides is 1. The largest absolute Gasteiger partial charge is 0.461 e. The molecule has 3 heterocycles. The molecule has 4 N–H and O–H groups in total. The maximum Gasteiger partial charge on any atom is 0.263 e. The first kappa shape index (κ1) is 24.0. The van der Waals surface area contributed by atoms with Crippen molar-refractivity contribution in [2.24, 2.45) is 5.73 Å². The van der Waals surface area contributed by atoms with Crippen LogP contribution in [0.3, 0.4) is 0 Å². The zero-order valence-electron chi connectivity index (χ0n) is 19.2. The van der Waals surface area contributed by atoms with Crippen LogP contribution in [0.25, 0.3) is 11.0 Å². The topological polar surface area (TPSA) is 141 Å². The standard InChI is InChI=1S/C25H25N5O4S/c1-15-10-17-11-18(5-6-22(17)34-15)28-24(19(12-26)23(27)32)29-20-4-2-3-8-30(25(20)33)13-21(31)16-7-9-35-14-16/h5-7,9-11,14,20,28-29H,2-4,8,13H2,1H3,(H2,27,32)/t20-/m0/s1. The average molecular weight is 492 g/mol. The third kappa shape index (κ3) is 5.53. The predicted molar refractivity (Wildman–Crippen MR) is 132 cm³/mol. The molecule has 0 aliphatic carbocycles. The molecule has 10 heteroatoms. The summed E-state index contributed by atoms with van der Waals surface area (Å²) in [7, 11) is 0. The lowest BCUT2D eigenvalue weighted by Gasteiger charge is -2.26. The van der Waals surface area contributed by atoms with Crippen molar-refractivity contribution in [1.82, 2.24) is 10.2 Å². The molecule has 1 saturated heterocycles. The van der Waals surface area contributed by atoms with Gasteiger partial charge in [-0.3, -0.25) is 14.4 Å². The Bertz CT molecular complexity index is 1340. The molecule has 1 aromatic carbocycles. The lowest BCUT2D eigenvalue weighted by atomic mass is 10.1. The van der Waals surface area contributed by atoms with Crippen molar-refractivity contribution >= 4 is 45.6 Å². The average Bonchev–Trinajstić information content (AvgIpc) is 3.45. The van der Waals surface area contributed by atoms with Gasteiger partial charge in [0.2, 0.25) is 5.91 Å². The number of ketones is 1. The normalized spacial score (nSPS) is 16.9. The van der Waals surface area contributed by atoms with Crippen molar-refractivity contribution in [3.05, 3.63) is 63.8 Å². The molecule has 1 aliphatic heterocycles. The quantitative estimate of drug-likeness (QED) is 0.249. The number of hydrogen-bond donors (Lipinski definition) is 3. The van der Waals surface area contributed by atoms with Gasteiger partial charge in [-0.2, -0.15) is 16.6 Å². The Morgan fingerprint density at radius 1 is 1.29 bits per heavy atom. The number of rotatable bonds is 8. The summed E-state index contributed by atoms with van der Waals surface area (Å²) in [5.41, 5.74) is 6.99.